The van der Waals surface area contributed by atoms with Crippen LogP contribution in [0.3, 0.4) is 0 Å². The first-order valence-corrected chi connectivity index (χ1v) is 10.00. The van der Waals surface area contributed by atoms with Gasteiger partial charge < -0.3 is 4.74 Å². The van der Waals surface area contributed by atoms with Crippen LogP contribution in [0.2, 0.25) is 0 Å². The lowest BCUT2D eigenvalue weighted by Gasteiger charge is -2.38. The number of carbonyl (C=O) groups is 1. The number of rotatable bonds is 4. The van der Waals surface area contributed by atoms with Gasteiger partial charge in [-0.05, 0) is 78.5 Å². The van der Waals surface area contributed by atoms with E-state index < -0.39 is 5.60 Å². The fourth-order valence-corrected chi connectivity index (χ4v) is 3.74. The molecule has 1 aliphatic carbocycles. The highest BCUT2D eigenvalue weighted by atomic mass is 16.6. The maximum absolute atomic E-state index is 12.6. The minimum absolute atomic E-state index is 0.227. The monoisotopic (exact) mass is 359 g/mol. The average Bonchev–Trinajstić information content (AvgIpc) is 3.39. The van der Waals surface area contributed by atoms with Crippen molar-refractivity contribution in [2.45, 2.75) is 90.4 Å². The van der Waals surface area contributed by atoms with Gasteiger partial charge in [-0.1, -0.05) is 12.5 Å². The molecule has 0 radical (unpaired) electrons. The Bertz CT molecular complexity index is 617. The molecular formula is C21H33N3O2. The highest BCUT2D eigenvalue weighted by molar-refractivity contribution is 5.88. The van der Waals surface area contributed by atoms with E-state index in [4.69, 9.17) is 4.74 Å². The van der Waals surface area contributed by atoms with Gasteiger partial charge in [-0.3, -0.25) is 9.80 Å². The van der Waals surface area contributed by atoms with Crippen molar-refractivity contribution in [2.75, 3.05) is 11.4 Å². The van der Waals surface area contributed by atoms with Gasteiger partial charge in [0.2, 0.25) is 0 Å². The highest BCUT2D eigenvalue weighted by Gasteiger charge is 2.37. The Morgan fingerprint density at radius 1 is 1.23 bits per heavy atom. The van der Waals surface area contributed by atoms with Gasteiger partial charge in [0.25, 0.3) is 0 Å². The lowest BCUT2D eigenvalue weighted by atomic mass is 9.95. The summed E-state index contributed by atoms with van der Waals surface area (Å²) in [5, 5.41) is 0. The van der Waals surface area contributed by atoms with Crippen LogP contribution in [-0.2, 0) is 4.74 Å². The smallest absolute Gasteiger partial charge is 0.416 e. The van der Waals surface area contributed by atoms with Crippen LogP contribution in [0.5, 0.6) is 0 Å². The van der Waals surface area contributed by atoms with Crippen LogP contribution in [0.1, 0.15) is 78.3 Å². The standard InChI is InChI=1S/C21H33N3O2/c1-15(2)23-13-7-6-8-18(23)16-9-12-19(22-14-16)24(17-10-11-17)20(25)26-21(3,4)5/h9,12,14-15,17-18H,6-8,10-11,13H2,1-5H3/t18-/m1/s1. The van der Waals surface area contributed by atoms with Crippen LogP contribution < -0.4 is 4.90 Å². The van der Waals surface area contributed by atoms with Crippen molar-refractivity contribution in [3.8, 4) is 0 Å². The number of likely N-dealkylation sites (tertiary alicyclic amines) is 1. The molecule has 0 bridgehead atoms. The van der Waals surface area contributed by atoms with E-state index in [0.29, 0.717) is 17.9 Å². The van der Waals surface area contributed by atoms with Gasteiger partial charge in [0.05, 0.1) is 0 Å². The largest absolute Gasteiger partial charge is 0.443 e. The van der Waals surface area contributed by atoms with E-state index in [0.717, 1.165) is 19.4 Å². The molecule has 144 valence electrons. The fourth-order valence-electron chi connectivity index (χ4n) is 3.74. The van der Waals surface area contributed by atoms with Gasteiger partial charge in [0.15, 0.2) is 0 Å². The summed E-state index contributed by atoms with van der Waals surface area (Å²) in [6.07, 6.45) is 7.43. The van der Waals surface area contributed by atoms with E-state index in [1.165, 1.54) is 24.8 Å². The zero-order valence-corrected chi connectivity index (χ0v) is 16.9. The van der Waals surface area contributed by atoms with Crippen molar-refractivity contribution >= 4 is 11.9 Å². The second-order valence-corrected chi connectivity index (χ2v) is 8.87. The molecule has 0 N–H and O–H groups in total. The van der Waals surface area contributed by atoms with Crippen LogP contribution in [-0.4, -0.2) is 40.2 Å². The second-order valence-electron chi connectivity index (χ2n) is 8.87. The summed E-state index contributed by atoms with van der Waals surface area (Å²) in [6.45, 7) is 11.4. The van der Waals surface area contributed by atoms with E-state index in [1.807, 2.05) is 33.0 Å². The minimum Gasteiger partial charge on any atom is -0.443 e. The number of amides is 1. The first kappa shape index (κ1) is 19.2. The third-order valence-corrected chi connectivity index (χ3v) is 5.11. The van der Waals surface area contributed by atoms with Crippen molar-refractivity contribution in [3.63, 3.8) is 0 Å². The van der Waals surface area contributed by atoms with Gasteiger partial charge in [-0.25, -0.2) is 9.78 Å². The lowest BCUT2D eigenvalue weighted by molar-refractivity contribution is 0.0576. The van der Waals surface area contributed by atoms with Gasteiger partial charge in [-0.15, -0.1) is 0 Å². The number of nitrogens with zero attached hydrogens (tertiary/aromatic N) is 3. The SMILES string of the molecule is CC(C)N1CCCC[C@@H]1c1ccc(N(C(=O)OC(C)(C)C)C2CC2)nc1. The van der Waals surface area contributed by atoms with Crippen LogP contribution in [0.4, 0.5) is 10.6 Å². The molecule has 1 atom stereocenters. The van der Waals surface area contributed by atoms with Gasteiger partial charge in [0.1, 0.15) is 11.4 Å². The first-order chi connectivity index (χ1) is 12.3. The number of ether oxygens (including phenoxy) is 1. The predicted octanol–water partition coefficient (Wildman–Crippen LogP) is 4.92. The first-order valence-electron chi connectivity index (χ1n) is 10.00. The van der Waals surface area contributed by atoms with E-state index in [-0.39, 0.29) is 12.1 Å². The molecule has 1 saturated carbocycles. The molecular weight excluding hydrogens is 326 g/mol. The van der Waals surface area contributed by atoms with E-state index >= 15 is 0 Å². The quantitative estimate of drug-likeness (QED) is 0.765. The predicted molar refractivity (Wildman–Crippen MR) is 104 cm³/mol. The molecule has 0 aromatic carbocycles. The van der Waals surface area contributed by atoms with E-state index in [2.05, 4.69) is 29.8 Å². The Kier molecular flexibility index (Phi) is 5.56. The topological polar surface area (TPSA) is 45.7 Å². The molecule has 1 amide bonds. The number of hydrogen-bond acceptors (Lipinski definition) is 4. The summed E-state index contributed by atoms with van der Waals surface area (Å²) in [7, 11) is 0. The summed E-state index contributed by atoms with van der Waals surface area (Å²) < 4.78 is 5.59. The third-order valence-electron chi connectivity index (χ3n) is 5.11. The van der Waals surface area contributed by atoms with Crippen molar-refractivity contribution in [3.05, 3.63) is 23.9 Å². The Balaban J connectivity index is 1.78. The zero-order chi connectivity index (χ0) is 18.9. The van der Waals surface area contributed by atoms with Crippen LogP contribution in [0.25, 0.3) is 0 Å². The maximum Gasteiger partial charge on any atom is 0.416 e. The molecule has 1 aromatic rings. The fraction of sp³-hybridized carbons (Fsp3) is 0.714. The molecule has 2 heterocycles. The summed E-state index contributed by atoms with van der Waals surface area (Å²) in [5.41, 5.74) is 0.756. The third kappa shape index (κ3) is 4.56. The Labute approximate surface area is 157 Å². The molecule has 1 saturated heterocycles. The average molecular weight is 360 g/mol. The molecule has 5 nitrogen and oxygen atoms in total. The minimum atomic E-state index is -0.496. The number of piperidine rings is 1. The molecule has 2 fully saturated rings. The molecule has 1 aliphatic heterocycles. The van der Waals surface area contributed by atoms with E-state index in [1.54, 1.807) is 4.90 Å². The van der Waals surface area contributed by atoms with Gasteiger partial charge in [-0.2, -0.15) is 0 Å². The molecule has 2 aliphatic rings. The number of hydrogen-bond donors (Lipinski definition) is 0. The number of pyridine rings is 1. The van der Waals surface area contributed by atoms with E-state index in [9.17, 15) is 4.79 Å². The highest BCUT2D eigenvalue weighted by Crippen LogP contribution is 2.35. The molecule has 1 aromatic heterocycles. The zero-order valence-electron chi connectivity index (χ0n) is 16.9. The Morgan fingerprint density at radius 3 is 2.50 bits per heavy atom. The Morgan fingerprint density at radius 2 is 1.96 bits per heavy atom. The second kappa shape index (κ2) is 7.55. The number of aromatic nitrogens is 1. The van der Waals surface area contributed by atoms with Crippen molar-refractivity contribution < 1.29 is 9.53 Å². The van der Waals surface area contributed by atoms with Crippen LogP contribution in [0, 0.1) is 0 Å². The summed E-state index contributed by atoms with van der Waals surface area (Å²) >= 11 is 0. The normalized spacial score (nSPS) is 21.7. The van der Waals surface area contributed by atoms with Crippen LogP contribution >= 0.6 is 0 Å². The van der Waals surface area contributed by atoms with Crippen LogP contribution in [0.15, 0.2) is 18.3 Å². The summed E-state index contributed by atoms with van der Waals surface area (Å²) in [6, 6.07) is 5.33. The van der Waals surface area contributed by atoms with Crippen molar-refractivity contribution in [1.82, 2.24) is 9.88 Å². The molecule has 3 rings (SSSR count). The van der Waals surface area contributed by atoms with Gasteiger partial charge in [0, 0.05) is 24.3 Å². The summed E-state index contributed by atoms with van der Waals surface area (Å²) in [5.74, 6) is 0.706. The maximum atomic E-state index is 12.6. The molecule has 5 heteroatoms. The molecule has 0 unspecified atom stereocenters. The number of carbonyl (C=O) groups excluding carboxylic acids is 1. The molecule has 0 spiro atoms. The number of anilines is 1. The van der Waals surface area contributed by atoms with Crippen molar-refractivity contribution in [1.29, 1.82) is 0 Å². The van der Waals surface area contributed by atoms with Gasteiger partial charge >= 0.3 is 6.09 Å². The van der Waals surface area contributed by atoms with Crippen molar-refractivity contribution in [2.24, 2.45) is 0 Å². The molecule has 26 heavy (non-hydrogen) atoms. The summed E-state index contributed by atoms with van der Waals surface area (Å²) in [4.78, 5) is 21.6. The Hall–Kier alpha value is -1.62. The lowest BCUT2D eigenvalue weighted by Crippen LogP contribution is -2.39.